The minimum atomic E-state index is -0.00336. The molecular formula is C11H22N4O. The molecule has 16 heavy (non-hydrogen) atoms. The number of aliphatic imine (C=N–C) groups is 1. The molecule has 0 aromatic rings. The molecule has 1 unspecified atom stereocenters. The molecule has 92 valence electrons. The summed E-state index contributed by atoms with van der Waals surface area (Å²) in [6.07, 6.45) is 0. The fraction of sp³-hybridized carbons (Fsp3) is 0.727. The molecule has 1 rings (SSSR count). The molecule has 1 aliphatic rings. The Balaban J connectivity index is 2.70. The number of nitrogens with zero attached hydrogens (tertiary/aromatic N) is 3. The van der Waals surface area contributed by atoms with Crippen LogP contribution < -0.4 is 5.73 Å². The van der Waals surface area contributed by atoms with Crippen molar-refractivity contribution in [3.63, 3.8) is 0 Å². The van der Waals surface area contributed by atoms with E-state index < -0.39 is 0 Å². The largest absolute Gasteiger partial charge is 0.381 e. The molecule has 0 aliphatic carbocycles. The molecule has 1 fully saturated rings. The molecule has 0 radical (unpaired) electrons. The smallest absolute Gasteiger partial charge is 0.128 e. The van der Waals surface area contributed by atoms with Crippen molar-refractivity contribution in [3.05, 3.63) is 11.4 Å². The molecule has 0 spiro atoms. The van der Waals surface area contributed by atoms with Crippen LogP contribution in [0, 0.1) is 0 Å². The van der Waals surface area contributed by atoms with Gasteiger partial charge in [0.25, 0.3) is 0 Å². The van der Waals surface area contributed by atoms with Crippen molar-refractivity contribution in [3.8, 4) is 0 Å². The first-order valence-corrected chi connectivity index (χ1v) is 5.61. The van der Waals surface area contributed by atoms with E-state index in [1.165, 1.54) is 0 Å². The summed E-state index contributed by atoms with van der Waals surface area (Å²) in [4.78, 5) is 8.26. The third-order valence-electron chi connectivity index (χ3n) is 3.06. The van der Waals surface area contributed by atoms with E-state index >= 15 is 0 Å². The van der Waals surface area contributed by atoms with Crippen LogP contribution in [-0.2, 0) is 0 Å². The first kappa shape index (κ1) is 13.2. The summed E-state index contributed by atoms with van der Waals surface area (Å²) in [5.74, 6) is 0.896. The number of rotatable bonds is 4. The first-order valence-electron chi connectivity index (χ1n) is 5.61. The Morgan fingerprint density at radius 1 is 1.44 bits per heavy atom. The van der Waals surface area contributed by atoms with E-state index in [9.17, 15) is 0 Å². The van der Waals surface area contributed by atoms with Crippen molar-refractivity contribution in [1.82, 2.24) is 9.80 Å². The molecule has 1 aliphatic heterocycles. The Morgan fingerprint density at radius 2 is 2.00 bits per heavy atom. The van der Waals surface area contributed by atoms with Crippen LogP contribution in [0.1, 0.15) is 13.8 Å². The Labute approximate surface area is 97.2 Å². The lowest BCUT2D eigenvalue weighted by atomic mass is 10.1. The van der Waals surface area contributed by atoms with Gasteiger partial charge in [0.15, 0.2) is 0 Å². The third kappa shape index (κ3) is 3.04. The molecule has 1 heterocycles. The average Bonchev–Trinajstić information content (AvgIpc) is 2.30. The van der Waals surface area contributed by atoms with Crippen LogP contribution >= 0.6 is 0 Å². The van der Waals surface area contributed by atoms with Crippen LogP contribution in [0.4, 0.5) is 0 Å². The Morgan fingerprint density at radius 3 is 2.38 bits per heavy atom. The van der Waals surface area contributed by atoms with Gasteiger partial charge in [-0.2, -0.15) is 0 Å². The van der Waals surface area contributed by atoms with Gasteiger partial charge in [-0.05, 0) is 26.1 Å². The average molecular weight is 226 g/mol. The van der Waals surface area contributed by atoms with E-state index in [1.807, 2.05) is 18.7 Å². The van der Waals surface area contributed by atoms with Crippen LogP contribution in [0.5, 0.6) is 0 Å². The van der Waals surface area contributed by atoms with Gasteiger partial charge in [-0.3, -0.25) is 4.90 Å². The summed E-state index contributed by atoms with van der Waals surface area (Å²) in [5.41, 5.74) is 6.91. The molecule has 3 N–H and O–H groups in total. The van der Waals surface area contributed by atoms with Crippen LogP contribution in [0.2, 0.25) is 0 Å². The lowest BCUT2D eigenvalue weighted by molar-refractivity contribution is 0.0644. The van der Waals surface area contributed by atoms with E-state index in [2.05, 4.69) is 16.6 Å². The minimum absolute atomic E-state index is 0.00336. The molecule has 1 atom stereocenters. The lowest BCUT2D eigenvalue weighted by Gasteiger charge is -2.35. The normalized spacial score (nSPS) is 21.6. The quantitative estimate of drug-likeness (QED) is 0.653. The lowest BCUT2D eigenvalue weighted by Crippen LogP contribution is -2.46. The Bertz CT molecular complexity index is 267. The third-order valence-corrected chi connectivity index (χ3v) is 3.06. The fourth-order valence-electron chi connectivity index (χ4n) is 1.78. The van der Waals surface area contributed by atoms with E-state index in [4.69, 9.17) is 10.8 Å². The highest BCUT2D eigenvalue weighted by Crippen LogP contribution is 2.16. The van der Waals surface area contributed by atoms with Gasteiger partial charge >= 0.3 is 0 Å². The van der Waals surface area contributed by atoms with E-state index in [0.717, 1.165) is 37.6 Å². The molecule has 1 saturated heterocycles. The van der Waals surface area contributed by atoms with Gasteiger partial charge in [-0.25, -0.2) is 4.99 Å². The van der Waals surface area contributed by atoms with Gasteiger partial charge in [0, 0.05) is 32.2 Å². The van der Waals surface area contributed by atoms with Gasteiger partial charge in [-0.1, -0.05) is 0 Å². The van der Waals surface area contributed by atoms with Gasteiger partial charge < -0.3 is 15.7 Å². The van der Waals surface area contributed by atoms with Crippen molar-refractivity contribution in [2.24, 2.45) is 10.7 Å². The summed E-state index contributed by atoms with van der Waals surface area (Å²) in [5, 5.41) is 9.01. The Kier molecular flexibility index (Phi) is 4.92. The monoisotopic (exact) mass is 226 g/mol. The Hall–Kier alpha value is -0.910. The maximum absolute atomic E-state index is 9.01. The maximum Gasteiger partial charge on any atom is 0.128 e. The van der Waals surface area contributed by atoms with Crippen LogP contribution in [0.3, 0.4) is 0 Å². The summed E-state index contributed by atoms with van der Waals surface area (Å²) < 4.78 is 0. The molecule has 5 heteroatoms. The summed E-state index contributed by atoms with van der Waals surface area (Å²) >= 11 is 0. The zero-order valence-electron chi connectivity index (χ0n) is 10.2. The van der Waals surface area contributed by atoms with E-state index in [0.29, 0.717) is 0 Å². The molecule has 0 aromatic carbocycles. The molecule has 5 nitrogen and oxygen atoms in total. The van der Waals surface area contributed by atoms with Gasteiger partial charge in [0.05, 0.1) is 6.73 Å². The van der Waals surface area contributed by atoms with Crippen molar-refractivity contribution in [2.45, 2.75) is 19.9 Å². The maximum atomic E-state index is 9.01. The molecule has 0 saturated carbocycles. The SMILES string of the molecule is C=N/C(=C(/C)C(C)N)N1CCN(CO)CC1. The fourth-order valence-corrected chi connectivity index (χ4v) is 1.78. The molecular weight excluding hydrogens is 204 g/mol. The predicted octanol–water partition coefficient (Wildman–Crippen LogP) is -0.167. The number of hydrogen-bond donors (Lipinski definition) is 2. The number of nitrogens with two attached hydrogens (primary N) is 1. The van der Waals surface area contributed by atoms with E-state index in [-0.39, 0.29) is 12.8 Å². The van der Waals surface area contributed by atoms with Crippen molar-refractivity contribution >= 4 is 6.72 Å². The second-order valence-corrected chi connectivity index (χ2v) is 4.20. The van der Waals surface area contributed by atoms with Gasteiger partial charge in [-0.15, -0.1) is 0 Å². The second kappa shape index (κ2) is 5.98. The zero-order chi connectivity index (χ0) is 12.1. The summed E-state index contributed by atoms with van der Waals surface area (Å²) in [6, 6.07) is -0.00336. The van der Waals surface area contributed by atoms with Crippen molar-refractivity contribution in [1.29, 1.82) is 0 Å². The highest BCUT2D eigenvalue weighted by atomic mass is 16.3. The van der Waals surface area contributed by atoms with Crippen molar-refractivity contribution < 1.29 is 5.11 Å². The summed E-state index contributed by atoms with van der Waals surface area (Å²) in [6.45, 7) is 11.1. The highest BCUT2D eigenvalue weighted by molar-refractivity contribution is 5.31. The number of aliphatic hydroxyl groups is 1. The molecule has 0 bridgehead atoms. The number of piperazine rings is 1. The molecule has 0 amide bonds. The first-order chi connectivity index (χ1) is 7.60. The van der Waals surface area contributed by atoms with Crippen LogP contribution in [0.25, 0.3) is 0 Å². The topological polar surface area (TPSA) is 65.1 Å². The highest BCUT2D eigenvalue weighted by Gasteiger charge is 2.19. The second-order valence-electron chi connectivity index (χ2n) is 4.20. The van der Waals surface area contributed by atoms with Gasteiger partial charge in [0.1, 0.15) is 5.82 Å². The number of hydrogen-bond acceptors (Lipinski definition) is 5. The minimum Gasteiger partial charge on any atom is -0.381 e. The number of aliphatic hydroxyl groups excluding tert-OH is 1. The van der Waals surface area contributed by atoms with Crippen molar-refractivity contribution in [2.75, 3.05) is 32.9 Å². The standard InChI is InChI=1S/C11H22N4O/c1-9(10(2)12)11(13-3)15-6-4-14(8-16)5-7-15/h10,16H,3-8,12H2,1-2H3/b11-9+. The van der Waals surface area contributed by atoms with E-state index in [1.54, 1.807) is 0 Å². The zero-order valence-corrected chi connectivity index (χ0v) is 10.2. The molecule has 0 aromatic heterocycles. The van der Waals surface area contributed by atoms with Crippen LogP contribution in [-0.4, -0.2) is 60.6 Å². The van der Waals surface area contributed by atoms with Gasteiger partial charge in [0.2, 0.25) is 0 Å². The van der Waals surface area contributed by atoms with Crippen LogP contribution in [0.15, 0.2) is 16.4 Å². The summed E-state index contributed by atoms with van der Waals surface area (Å²) in [7, 11) is 0. The predicted molar refractivity (Wildman–Crippen MR) is 66.1 cm³/mol.